The van der Waals surface area contributed by atoms with E-state index in [4.69, 9.17) is 9.47 Å². The van der Waals surface area contributed by atoms with Gasteiger partial charge in [-0.2, -0.15) is 5.26 Å². The molecule has 0 atom stereocenters. The highest BCUT2D eigenvalue weighted by Gasteiger charge is 2.35. The Balaban J connectivity index is 1.87. The first-order valence-electron chi connectivity index (χ1n) is 11.6. The number of hydrogen-bond acceptors (Lipinski definition) is 5. The van der Waals surface area contributed by atoms with Crippen molar-refractivity contribution in [3.8, 4) is 17.6 Å². The summed E-state index contributed by atoms with van der Waals surface area (Å²) in [5.41, 5.74) is 1.68. The van der Waals surface area contributed by atoms with Gasteiger partial charge < -0.3 is 9.47 Å². The van der Waals surface area contributed by atoms with Crippen molar-refractivity contribution < 1.29 is 23.5 Å². The molecule has 2 amide bonds. The number of hydrogen-bond donors (Lipinski definition) is 0. The number of carbonyl (C=O) groups excluding carboxylic acids is 2. The van der Waals surface area contributed by atoms with Crippen LogP contribution in [0.3, 0.4) is 0 Å². The molecule has 3 rings (SSSR count). The largest absolute Gasteiger partial charge is 0.493 e. The fourth-order valence-corrected chi connectivity index (χ4v) is 3.86. The van der Waals surface area contributed by atoms with Crippen LogP contribution in [-0.4, -0.2) is 30.4 Å². The molecule has 2 aromatic rings. The number of rotatable bonds is 10. The van der Waals surface area contributed by atoms with Gasteiger partial charge in [-0.15, -0.1) is 0 Å². The summed E-state index contributed by atoms with van der Waals surface area (Å²) in [6.45, 7) is 4.00. The van der Waals surface area contributed by atoms with Crippen molar-refractivity contribution in [3.63, 3.8) is 0 Å². The second-order valence-electron chi connectivity index (χ2n) is 8.28. The number of imide groups is 1. The topological polar surface area (TPSA) is 79.6 Å². The first kappa shape index (κ1) is 25.7. The lowest BCUT2D eigenvalue weighted by Crippen LogP contribution is -2.43. The molecule has 0 unspecified atom stereocenters. The summed E-state index contributed by atoms with van der Waals surface area (Å²) in [5, 5.41) is 9.56. The summed E-state index contributed by atoms with van der Waals surface area (Å²) < 4.78 is 25.1. The highest BCUT2D eigenvalue weighted by Crippen LogP contribution is 2.32. The molecule has 35 heavy (non-hydrogen) atoms. The van der Waals surface area contributed by atoms with E-state index in [1.54, 1.807) is 49.4 Å². The molecule has 0 fully saturated rings. The van der Waals surface area contributed by atoms with Gasteiger partial charge in [0.2, 0.25) is 0 Å². The minimum absolute atomic E-state index is 0.0249. The van der Waals surface area contributed by atoms with E-state index in [1.165, 1.54) is 13.2 Å². The third kappa shape index (κ3) is 5.96. The molecule has 0 aromatic heterocycles. The average molecular weight is 477 g/mol. The third-order valence-corrected chi connectivity index (χ3v) is 5.90. The predicted octanol–water partition coefficient (Wildman–Crippen LogP) is 5.59. The number of nitriles is 1. The van der Waals surface area contributed by atoms with Crippen LogP contribution in [-0.2, 0) is 16.2 Å². The highest BCUT2D eigenvalue weighted by molar-refractivity contribution is 6.19. The van der Waals surface area contributed by atoms with E-state index in [-0.39, 0.29) is 24.5 Å². The van der Waals surface area contributed by atoms with Crippen molar-refractivity contribution in [3.05, 3.63) is 76.1 Å². The van der Waals surface area contributed by atoms with Crippen LogP contribution < -0.4 is 9.47 Å². The number of ether oxygens (including phenoxy) is 2. The molecule has 182 valence electrons. The Labute approximate surface area is 205 Å². The van der Waals surface area contributed by atoms with E-state index in [0.29, 0.717) is 40.2 Å². The van der Waals surface area contributed by atoms with E-state index >= 15 is 0 Å². The van der Waals surface area contributed by atoms with Crippen molar-refractivity contribution >= 4 is 17.9 Å². The lowest BCUT2D eigenvalue weighted by atomic mass is 9.93. The normalized spacial score (nSPS) is 14.9. The molecule has 0 spiro atoms. The summed E-state index contributed by atoms with van der Waals surface area (Å²) in [6, 6.07) is 13.4. The molecule has 2 aromatic carbocycles. The number of amides is 2. The number of halogens is 1. The maximum absolute atomic E-state index is 13.9. The van der Waals surface area contributed by atoms with E-state index in [9.17, 15) is 19.2 Å². The van der Waals surface area contributed by atoms with Gasteiger partial charge >= 0.3 is 0 Å². The Hall–Kier alpha value is -3.92. The van der Waals surface area contributed by atoms with Crippen molar-refractivity contribution in [2.45, 2.75) is 46.1 Å². The smallest absolute Gasteiger partial charge is 0.271 e. The number of nitrogens with zero attached hydrogens (tertiary/aromatic N) is 2. The molecule has 0 saturated heterocycles. The first-order valence-corrected chi connectivity index (χ1v) is 11.6. The van der Waals surface area contributed by atoms with Gasteiger partial charge in [-0.1, -0.05) is 50.5 Å². The van der Waals surface area contributed by atoms with Gasteiger partial charge in [0, 0.05) is 17.7 Å². The van der Waals surface area contributed by atoms with Crippen molar-refractivity contribution in [1.29, 1.82) is 5.26 Å². The van der Waals surface area contributed by atoms with Gasteiger partial charge in [-0.05, 0) is 48.8 Å². The second-order valence-corrected chi connectivity index (χ2v) is 8.28. The first-order chi connectivity index (χ1) is 16.9. The van der Waals surface area contributed by atoms with Crippen molar-refractivity contribution in [2.75, 3.05) is 13.7 Å². The van der Waals surface area contributed by atoms with Crippen LogP contribution in [0.25, 0.3) is 6.08 Å². The predicted molar refractivity (Wildman–Crippen MR) is 131 cm³/mol. The molecular formula is C28H29FN2O4. The van der Waals surface area contributed by atoms with Gasteiger partial charge in [-0.25, -0.2) is 4.39 Å². The minimum Gasteiger partial charge on any atom is -0.493 e. The molecule has 0 bridgehead atoms. The van der Waals surface area contributed by atoms with Gasteiger partial charge in [0.15, 0.2) is 11.5 Å². The molecule has 0 N–H and O–H groups in total. The third-order valence-electron chi connectivity index (χ3n) is 5.90. The summed E-state index contributed by atoms with van der Waals surface area (Å²) >= 11 is 0. The van der Waals surface area contributed by atoms with E-state index in [1.807, 2.05) is 6.07 Å². The van der Waals surface area contributed by atoms with Gasteiger partial charge in [-0.3, -0.25) is 14.5 Å². The van der Waals surface area contributed by atoms with Crippen molar-refractivity contribution in [2.24, 2.45) is 0 Å². The summed E-state index contributed by atoms with van der Waals surface area (Å²) in [7, 11) is 1.49. The van der Waals surface area contributed by atoms with E-state index < -0.39 is 11.8 Å². The quantitative estimate of drug-likeness (QED) is 0.254. The second kappa shape index (κ2) is 12.0. The lowest BCUT2D eigenvalue weighted by molar-refractivity contribution is -0.140. The average Bonchev–Trinajstić information content (AvgIpc) is 2.86. The fourth-order valence-electron chi connectivity index (χ4n) is 3.86. The molecular weight excluding hydrogens is 447 g/mol. The summed E-state index contributed by atoms with van der Waals surface area (Å²) in [4.78, 5) is 27.1. The van der Waals surface area contributed by atoms with Crippen LogP contribution in [0, 0.1) is 17.1 Å². The number of benzene rings is 2. The molecule has 0 saturated carbocycles. The maximum Gasteiger partial charge on any atom is 0.271 e. The fraction of sp³-hybridized carbons (Fsp3) is 0.321. The Morgan fingerprint density at radius 2 is 1.83 bits per heavy atom. The Morgan fingerprint density at radius 3 is 2.51 bits per heavy atom. The Kier molecular flexibility index (Phi) is 8.80. The lowest BCUT2D eigenvalue weighted by Gasteiger charge is -2.27. The van der Waals surface area contributed by atoms with Crippen LogP contribution in [0.5, 0.6) is 11.5 Å². The molecule has 0 aliphatic carbocycles. The molecule has 1 aliphatic heterocycles. The van der Waals surface area contributed by atoms with Crippen molar-refractivity contribution in [1.82, 2.24) is 4.90 Å². The van der Waals surface area contributed by atoms with Crippen LogP contribution in [0.2, 0.25) is 0 Å². The monoisotopic (exact) mass is 476 g/mol. The minimum atomic E-state index is -0.543. The SMILES string of the molecule is CCCCCCN1C(=O)C(C#N)=C(C)/C(=C\c2ccc(OCc3ccccc3F)c(OC)c2)C1=O. The van der Waals surface area contributed by atoms with E-state index in [0.717, 1.165) is 24.2 Å². The van der Waals surface area contributed by atoms with Gasteiger partial charge in [0.1, 0.15) is 24.1 Å². The van der Waals surface area contributed by atoms with Gasteiger partial charge in [0.05, 0.1) is 7.11 Å². The number of carbonyl (C=O) groups is 2. The Morgan fingerprint density at radius 1 is 1.06 bits per heavy atom. The standard InChI is InChI=1S/C28H29FN2O4/c1-4-5-6-9-14-31-27(32)22(19(2)23(17-30)28(31)33)15-20-12-13-25(26(16-20)34-3)35-18-21-10-7-8-11-24(21)29/h7-8,10-13,15-16H,4-6,9,14,18H2,1-3H3/b22-15+. The van der Waals surface area contributed by atoms with Crippen LogP contribution in [0.15, 0.2) is 59.2 Å². The molecule has 7 heteroatoms. The van der Waals surface area contributed by atoms with E-state index in [2.05, 4.69) is 6.92 Å². The molecule has 6 nitrogen and oxygen atoms in total. The molecule has 1 aliphatic rings. The summed E-state index contributed by atoms with van der Waals surface area (Å²) in [5.74, 6) is -0.480. The molecule has 1 heterocycles. The number of methoxy groups -OCH3 is 1. The zero-order valence-electron chi connectivity index (χ0n) is 20.3. The van der Waals surface area contributed by atoms with Gasteiger partial charge in [0.25, 0.3) is 11.8 Å². The van der Waals surface area contributed by atoms with Crippen LogP contribution in [0.1, 0.15) is 50.7 Å². The maximum atomic E-state index is 13.9. The van der Waals surface area contributed by atoms with Crippen LogP contribution in [0.4, 0.5) is 4.39 Å². The highest BCUT2D eigenvalue weighted by atomic mass is 19.1. The number of unbranched alkanes of at least 4 members (excludes halogenated alkanes) is 3. The van der Waals surface area contributed by atoms with Crippen LogP contribution >= 0.6 is 0 Å². The Bertz CT molecular complexity index is 1210. The molecule has 0 radical (unpaired) electrons. The zero-order valence-corrected chi connectivity index (χ0v) is 20.3. The summed E-state index contributed by atoms with van der Waals surface area (Å²) in [6.07, 6.45) is 5.30. The zero-order chi connectivity index (χ0) is 25.4.